The van der Waals surface area contributed by atoms with Gasteiger partial charge >= 0.3 is 0 Å². The number of thioether (sulfide) groups is 1. The first-order valence-corrected chi connectivity index (χ1v) is 12.1. The summed E-state index contributed by atoms with van der Waals surface area (Å²) < 4.78 is 1.10. The summed E-state index contributed by atoms with van der Waals surface area (Å²) in [5.74, 6) is 6.21. The summed E-state index contributed by atoms with van der Waals surface area (Å²) in [4.78, 5) is 32.2. The van der Waals surface area contributed by atoms with E-state index >= 15 is 0 Å². The fraction of sp³-hybridized carbons (Fsp3) is 0.208. The van der Waals surface area contributed by atoms with Crippen molar-refractivity contribution in [3.63, 3.8) is 0 Å². The molecule has 156 valence electrons. The molecule has 0 aliphatic heterocycles. The largest absolute Gasteiger partial charge is 0.334 e. The van der Waals surface area contributed by atoms with Crippen LogP contribution in [0, 0.1) is 0 Å². The molecule has 0 unspecified atom stereocenters. The number of hydrogen-bond donors (Lipinski definition) is 1. The molecule has 0 saturated heterocycles. The maximum atomic E-state index is 12.9. The van der Waals surface area contributed by atoms with Crippen LogP contribution in [0.4, 0.5) is 0 Å². The molecule has 0 fully saturated rings. The van der Waals surface area contributed by atoms with Crippen LogP contribution in [0.2, 0.25) is 0 Å². The molecule has 2 aromatic carbocycles. The van der Waals surface area contributed by atoms with Gasteiger partial charge in [0.1, 0.15) is 4.83 Å². The molecule has 2 N–H and O–H groups in total. The molecule has 5 nitrogen and oxygen atoms in total. The molecule has 0 atom stereocenters. The molecule has 5 rings (SSSR count). The highest BCUT2D eigenvalue weighted by atomic mass is 32.2. The van der Waals surface area contributed by atoms with Gasteiger partial charge in [0.15, 0.2) is 10.9 Å². The maximum Gasteiger partial charge on any atom is 0.281 e. The number of carbonyl (C=O) groups is 1. The molecule has 0 radical (unpaired) electrons. The van der Waals surface area contributed by atoms with E-state index < -0.39 is 0 Å². The minimum Gasteiger partial charge on any atom is -0.334 e. The summed E-state index contributed by atoms with van der Waals surface area (Å²) in [6.45, 7) is 0. The van der Waals surface area contributed by atoms with Crippen LogP contribution in [0.15, 0.2) is 64.5 Å². The number of carbonyl (C=O) groups excluding carboxylic acids is 1. The summed E-state index contributed by atoms with van der Waals surface area (Å²) in [7, 11) is 0. The third-order valence-corrected chi connectivity index (χ3v) is 7.77. The smallest absolute Gasteiger partial charge is 0.281 e. The number of nitrogen functional groups attached to an aromatic ring is 1. The highest BCUT2D eigenvalue weighted by molar-refractivity contribution is 7.99. The highest BCUT2D eigenvalue weighted by Crippen LogP contribution is 2.34. The average molecular weight is 448 g/mol. The Morgan fingerprint density at radius 1 is 1.03 bits per heavy atom. The number of fused-ring (bicyclic) bond motifs is 3. The van der Waals surface area contributed by atoms with Crippen molar-refractivity contribution in [1.29, 1.82) is 0 Å². The highest BCUT2D eigenvalue weighted by Gasteiger charge is 2.22. The first kappa shape index (κ1) is 20.0. The van der Waals surface area contributed by atoms with Gasteiger partial charge in [-0.1, -0.05) is 66.4 Å². The molecule has 0 spiro atoms. The van der Waals surface area contributed by atoms with Crippen LogP contribution in [0.5, 0.6) is 0 Å². The Morgan fingerprint density at radius 3 is 2.52 bits per heavy atom. The number of hydrogen-bond acceptors (Lipinski definition) is 6. The zero-order valence-electron chi connectivity index (χ0n) is 16.8. The third kappa shape index (κ3) is 3.79. The Labute approximate surface area is 187 Å². The van der Waals surface area contributed by atoms with E-state index in [1.54, 1.807) is 11.3 Å². The van der Waals surface area contributed by atoms with E-state index in [0.29, 0.717) is 16.1 Å². The van der Waals surface area contributed by atoms with Gasteiger partial charge in [-0.3, -0.25) is 9.59 Å². The number of nitrogens with two attached hydrogens (primary N) is 1. The van der Waals surface area contributed by atoms with E-state index in [-0.39, 0.29) is 17.1 Å². The molecular weight excluding hydrogens is 426 g/mol. The number of aromatic nitrogens is 2. The van der Waals surface area contributed by atoms with Crippen LogP contribution < -0.4 is 11.4 Å². The monoisotopic (exact) mass is 447 g/mol. The van der Waals surface area contributed by atoms with Crippen LogP contribution in [0.25, 0.3) is 21.3 Å². The van der Waals surface area contributed by atoms with Gasteiger partial charge in [-0.05, 0) is 42.4 Å². The summed E-state index contributed by atoms with van der Waals surface area (Å²) in [6, 6.07) is 17.6. The maximum absolute atomic E-state index is 12.9. The topological polar surface area (TPSA) is 78.0 Å². The summed E-state index contributed by atoms with van der Waals surface area (Å²) in [6.07, 6.45) is 4.16. The molecule has 2 aromatic heterocycles. The van der Waals surface area contributed by atoms with Crippen LogP contribution in [-0.4, -0.2) is 21.2 Å². The summed E-state index contributed by atoms with van der Waals surface area (Å²) in [5, 5.41) is 1.04. The first-order valence-electron chi connectivity index (χ1n) is 10.3. The van der Waals surface area contributed by atoms with Crippen molar-refractivity contribution in [2.24, 2.45) is 0 Å². The molecule has 4 aromatic rings. The lowest BCUT2D eigenvalue weighted by molar-refractivity contribution is 0.102. The number of Topliss-reactive ketones (excluding diaryl/α,β-unsaturated/α-hetero) is 1. The Hall–Kier alpha value is -2.90. The van der Waals surface area contributed by atoms with Crippen molar-refractivity contribution in [3.05, 3.63) is 81.0 Å². The fourth-order valence-corrected chi connectivity index (χ4v) is 6.11. The second-order valence-electron chi connectivity index (χ2n) is 7.62. The van der Waals surface area contributed by atoms with Crippen molar-refractivity contribution in [2.75, 3.05) is 11.6 Å². The van der Waals surface area contributed by atoms with E-state index in [9.17, 15) is 9.59 Å². The molecule has 1 aliphatic rings. The number of rotatable bonds is 5. The fourth-order valence-electron chi connectivity index (χ4n) is 3.99. The third-order valence-electron chi connectivity index (χ3n) is 5.64. The van der Waals surface area contributed by atoms with E-state index in [1.165, 1.54) is 16.6 Å². The van der Waals surface area contributed by atoms with E-state index in [4.69, 9.17) is 5.84 Å². The van der Waals surface area contributed by atoms with Gasteiger partial charge < -0.3 is 5.84 Å². The van der Waals surface area contributed by atoms with Crippen molar-refractivity contribution >= 4 is 39.1 Å². The Bertz CT molecular complexity index is 1330. The number of thiophene rings is 1. The predicted molar refractivity (Wildman–Crippen MR) is 128 cm³/mol. The Balaban J connectivity index is 1.35. The molecule has 0 saturated carbocycles. The van der Waals surface area contributed by atoms with Gasteiger partial charge in [0, 0.05) is 10.4 Å². The van der Waals surface area contributed by atoms with Gasteiger partial charge in [0.25, 0.3) is 5.56 Å². The lowest BCUT2D eigenvalue weighted by Crippen LogP contribution is -2.30. The number of nitrogens with zero attached hydrogens (tertiary/aromatic N) is 2. The number of benzene rings is 2. The van der Waals surface area contributed by atoms with E-state index in [2.05, 4.69) is 4.98 Å². The Morgan fingerprint density at radius 2 is 1.74 bits per heavy atom. The zero-order valence-corrected chi connectivity index (χ0v) is 18.5. The summed E-state index contributed by atoms with van der Waals surface area (Å²) >= 11 is 2.80. The van der Waals surface area contributed by atoms with Crippen LogP contribution in [0.1, 0.15) is 33.6 Å². The van der Waals surface area contributed by atoms with Gasteiger partial charge in [0.2, 0.25) is 0 Å². The minimum atomic E-state index is -0.216. The predicted octanol–water partition coefficient (Wildman–Crippen LogP) is 4.69. The van der Waals surface area contributed by atoms with Crippen molar-refractivity contribution in [3.8, 4) is 11.1 Å². The summed E-state index contributed by atoms with van der Waals surface area (Å²) in [5.41, 5.74) is 3.71. The van der Waals surface area contributed by atoms with Crippen LogP contribution in [0.3, 0.4) is 0 Å². The molecule has 2 heterocycles. The first-order chi connectivity index (χ1) is 15.1. The lowest BCUT2D eigenvalue weighted by Gasteiger charge is -2.10. The molecule has 31 heavy (non-hydrogen) atoms. The van der Waals surface area contributed by atoms with Gasteiger partial charge in [0.05, 0.1) is 11.1 Å². The lowest BCUT2D eigenvalue weighted by atomic mass is 9.97. The van der Waals surface area contributed by atoms with Crippen molar-refractivity contribution < 1.29 is 4.79 Å². The minimum absolute atomic E-state index is 0.0237. The Kier molecular flexibility index (Phi) is 5.38. The van der Waals surface area contributed by atoms with Crippen molar-refractivity contribution in [1.82, 2.24) is 9.66 Å². The standard InChI is InChI=1S/C24H21N3O2S2/c25-27-23(29)21-18-8-4-5-9-20(18)31-22(21)26-24(27)30-14-19(28)17-12-10-16(11-13-17)15-6-2-1-3-7-15/h1-3,6-7,10-13H,4-5,8-9,14,25H2. The molecule has 7 heteroatoms. The quantitative estimate of drug-likeness (QED) is 0.208. The second-order valence-corrected chi connectivity index (χ2v) is 9.64. The van der Waals surface area contributed by atoms with Crippen molar-refractivity contribution in [2.45, 2.75) is 30.8 Å². The number of ketones is 1. The SMILES string of the molecule is Nn1c(SCC(=O)c2ccc(-c3ccccc3)cc2)nc2sc3c(c2c1=O)CCCC3. The average Bonchev–Trinajstić information content (AvgIpc) is 3.19. The zero-order chi connectivity index (χ0) is 21.4. The molecule has 0 bridgehead atoms. The van der Waals surface area contributed by atoms with Crippen LogP contribution >= 0.6 is 23.1 Å². The van der Waals surface area contributed by atoms with Crippen LogP contribution in [-0.2, 0) is 12.8 Å². The van der Waals surface area contributed by atoms with E-state index in [1.807, 2.05) is 54.6 Å². The molecule has 1 aliphatic carbocycles. The van der Waals surface area contributed by atoms with E-state index in [0.717, 1.165) is 51.9 Å². The van der Waals surface area contributed by atoms with Gasteiger partial charge in [-0.2, -0.15) is 0 Å². The molecular formula is C24H21N3O2S2. The molecule has 0 amide bonds. The normalized spacial score (nSPS) is 13.3. The van der Waals surface area contributed by atoms with Gasteiger partial charge in [-0.25, -0.2) is 9.66 Å². The van der Waals surface area contributed by atoms with Gasteiger partial charge in [-0.15, -0.1) is 11.3 Å². The second kappa shape index (κ2) is 8.32. The number of aryl methyl sites for hydroxylation is 2.